The molecule has 2 aliphatic carbocycles. The van der Waals surface area contributed by atoms with Crippen LogP contribution in [0.5, 0.6) is 0 Å². The minimum atomic E-state index is -0.277. The molecule has 2 aliphatic rings. The van der Waals surface area contributed by atoms with Crippen LogP contribution in [0, 0.1) is 0 Å². The van der Waals surface area contributed by atoms with Gasteiger partial charge in [-0.1, -0.05) is 37.1 Å². The Balaban J connectivity index is 1.59. The van der Waals surface area contributed by atoms with E-state index in [-0.39, 0.29) is 5.91 Å². The first-order chi connectivity index (χ1) is 12.2. The summed E-state index contributed by atoms with van der Waals surface area (Å²) in [5.74, 6) is 0.392. The monoisotopic (exact) mass is 334 g/mol. The van der Waals surface area contributed by atoms with Gasteiger partial charge in [0.15, 0.2) is 0 Å². The zero-order chi connectivity index (χ0) is 17.2. The number of benzene rings is 1. The predicted molar refractivity (Wildman–Crippen MR) is 99.6 cm³/mol. The molecule has 4 rings (SSSR count). The second-order valence-electron chi connectivity index (χ2n) is 7.60. The normalized spacial score (nSPS) is 17.0. The molecule has 130 valence electrons. The zero-order valence-electron chi connectivity index (χ0n) is 14.8. The van der Waals surface area contributed by atoms with Crippen LogP contribution in [-0.2, 0) is 30.5 Å². The number of hydrogen-bond donors (Lipinski definition) is 1. The lowest BCUT2D eigenvalue weighted by molar-refractivity contribution is -0.117. The van der Waals surface area contributed by atoms with Gasteiger partial charge in [-0.15, -0.1) is 0 Å². The summed E-state index contributed by atoms with van der Waals surface area (Å²) >= 11 is 0. The fourth-order valence-electron chi connectivity index (χ4n) is 4.44. The summed E-state index contributed by atoms with van der Waals surface area (Å²) in [4.78, 5) is 16.1. The molecule has 0 atom stereocenters. The van der Waals surface area contributed by atoms with E-state index in [0.717, 1.165) is 18.4 Å². The van der Waals surface area contributed by atoms with Gasteiger partial charge >= 0.3 is 0 Å². The molecule has 1 heterocycles. The summed E-state index contributed by atoms with van der Waals surface area (Å²) in [6.45, 7) is 0. The molecule has 0 aliphatic heterocycles. The molecule has 1 saturated carbocycles. The third-order valence-corrected chi connectivity index (χ3v) is 5.73. The number of aryl methyl sites for hydroxylation is 1. The van der Waals surface area contributed by atoms with E-state index < -0.39 is 0 Å². The summed E-state index contributed by atoms with van der Waals surface area (Å²) in [6, 6.07) is 10.7. The van der Waals surface area contributed by atoms with Crippen molar-refractivity contribution in [2.24, 2.45) is 5.73 Å². The maximum atomic E-state index is 11.1. The van der Waals surface area contributed by atoms with Crippen LogP contribution in [-0.4, -0.2) is 10.9 Å². The Labute approximate surface area is 149 Å². The lowest BCUT2D eigenvalue weighted by atomic mass is 9.94. The highest BCUT2D eigenvalue weighted by atomic mass is 16.1. The van der Waals surface area contributed by atoms with Crippen molar-refractivity contribution in [3.8, 4) is 0 Å². The lowest BCUT2D eigenvalue weighted by Crippen LogP contribution is -2.13. The standard InChI is InChI=1S/C22H26N2O/c23-22(25)13-16-10-8-15(9-11-16)12-18-14-21(17-4-1-2-5-17)24-20-7-3-6-19(18)20/h8-11,14,17H,1-7,12-13H2,(H2,23,25). The van der Waals surface area contributed by atoms with Gasteiger partial charge in [0.1, 0.15) is 0 Å². The Morgan fingerprint density at radius 3 is 2.48 bits per heavy atom. The second-order valence-corrected chi connectivity index (χ2v) is 7.60. The number of pyridine rings is 1. The quantitative estimate of drug-likeness (QED) is 0.903. The summed E-state index contributed by atoms with van der Waals surface area (Å²) in [6.07, 6.45) is 10.1. The molecule has 1 aromatic carbocycles. The van der Waals surface area contributed by atoms with Crippen LogP contribution in [0.3, 0.4) is 0 Å². The Morgan fingerprint density at radius 1 is 1.04 bits per heavy atom. The first-order valence-corrected chi connectivity index (χ1v) is 9.57. The number of hydrogen-bond acceptors (Lipinski definition) is 2. The molecule has 0 unspecified atom stereocenters. The molecule has 0 spiro atoms. The Bertz CT molecular complexity index is 773. The van der Waals surface area contributed by atoms with E-state index in [4.69, 9.17) is 10.7 Å². The van der Waals surface area contributed by atoms with Crippen LogP contribution in [0.25, 0.3) is 0 Å². The molecule has 3 heteroatoms. The van der Waals surface area contributed by atoms with Crippen molar-refractivity contribution >= 4 is 5.91 Å². The highest BCUT2D eigenvalue weighted by Gasteiger charge is 2.23. The molecular formula is C22H26N2O. The van der Waals surface area contributed by atoms with E-state index in [1.807, 2.05) is 12.1 Å². The number of nitrogens with zero attached hydrogens (tertiary/aromatic N) is 1. The van der Waals surface area contributed by atoms with Gasteiger partial charge in [-0.25, -0.2) is 0 Å². The van der Waals surface area contributed by atoms with Gasteiger partial charge in [-0.3, -0.25) is 9.78 Å². The molecular weight excluding hydrogens is 308 g/mol. The van der Waals surface area contributed by atoms with Crippen LogP contribution >= 0.6 is 0 Å². The molecule has 0 radical (unpaired) electrons. The SMILES string of the molecule is NC(=O)Cc1ccc(Cc2cc(C3CCCC3)nc3c2CCC3)cc1. The van der Waals surface area contributed by atoms with Crippen LogP contribution in [0.15, 0.2) is 30.3 Å². The topological polar surface area (TPSA) is 56.0 Å². The van der Waals surface area contributed by atoms with E-state index >= 15 is 0 Å². The average Bonchev–Trinajstić information content (AvgIpc) is 3.27. The largest absolute Gasteiger partial charge is 0.369 e. The first-order valence-electron chi connectivity index (χ1n) is 9.57. The van der Waals surface area contributed by atoms with Gasteiger partial charge in [0.05, 0.1) is 6.42 Å². The number of rotatable bonds is 5. The van der Waals surface area contributed by atoms with E-state index in [2.05, 4.69) is 18.2 Å². The molecule has 1 fully saturated rings. The number of fused-ring (bicyclic) bond motifs is 1. The van der Waals surface area contributed by atoms with E-state index in [1.165, 1.54) is 66.6 Å². The molecule has 0 bridgehead atoms. The highest BCUT2D eigenvalue weighted by molar-refractivity contribution is 5.76. The third kappa shape index (κ3) is 3.60. The average molecular weight is 334 g/mol. The molecule has 1 aromatic heterocycles. The minimum absolute atomic E-state index is 0.277. The summed E-state index contributed by atoms with van der Waals surface area (Å²) in [5.41, 5.74) is 13.2. The summed E-state index contributed by atoms with van der Waals surface area (Å²) in [5, 5.41) is 0. The number of carbonyl (C=O) groups is 1. The van der Waals surface area contributed by atoms with Crippen molar-refractivity contribution in [3.63, 3.8) is 0 Å². The van der Waals surface area contributed by atoms with Gasteiger partial charge in [0.25, 0.3) is 0 Å². The number of primary amides is 1. The van der Waals surface area contributed by atoms with Crippen molar-refractivity contribution in [1.82, 2.24) is 4.98 Å². The van der Waals surface area contributed by atoms with Crippen molar-refractivity contribution in [2.45, 2.75) is 63.7 Å². The molecule has 3 nitrogen and oxygen atoms in total. The van der Waals surface area contributed by atoms with Gasteiger partial charge in [0, 0.05) is 17.3 Å². The molecule has 2 N–H and O–H groups in total. The van der Waals surface area contributed by atoms with Gasteiger partial charge in [0.2, 0.25) is 5.91 Å². The molecule has 25 heavy (non-hydrogen) atoms. The predicted octanol–water partition coefficient (Wildman–Crippen LogP) is 3.85. The van der Waals surface area contributed by atoms with Gasteiger partial charge in [-0.05, 0) is 66.8 Å². The maximum Gasteiger partial charge on any atom is 0.221 e. The maximum absolute atomic E-state index is 11.1. The Hall–Kier alpha value is -2.16. The molecule has 0 saturated heterocycles. The number of aromatic nitrogens is 1. The third-order valence-electron chi connectivity index (χ3n) is 5.73. The Morgan fingerprint density at radius 2 is 1.76 bits per heavy atom. The molecule has 2 aromatic rings. The fourth-order valence-corrected chi connectivity index (χ4v) is 4.44. The zero-order valence-corrected chi connectivity index (χ0v) is 14.8. The molecule has 1 amide bonds. The van der Waals surface area contributed by atoms with Gasteiger partial charge in [-0.2, -0.15) is 0 Å². The summed E-state index contributed by atoms with van der Waals surface area (Å²) in [7, 11) is 0. The van der Waals surface area contributed by atoms with E-state index in [1.54, 1.807) is 0 Å². The minimum Gasteiger partial charge on any atom is -0.369 e. The van der Waals surface area contributed by atoms with E-state index in [9.17, 15) is 4.79 Å². The second kappa shape index (κ2) is 6.99. The van der Waals surface area contributed by atoms with Crippen molar-refractivity contribution in [2.75, 3.05) is 0 Å². The summed E-state index contributed by atoms with van der Waals surface area (Å²) < 4.78 is 0. The van der Waals surface area contributed by atoms with Crippen molar-refractivity contribution < 1.29 is 4.79 Å². The number of amides is 1. The van der Waals surface area contributed by atoms with Crippen LogP contribution in [0.2, 0.25) is 0 Å². The van der Waals surface area contributed by atoms with Crippen LogP contribution in [0.1, 0.15) is 71.7 Å². The van der Waals surface area contributed by atoms with Crippen molar-refractivity contribution in [3.05, 3.63) is 64.0 Å². The van der Waals surface area contributed by atoms with Crippen molar-refractivity contribution in [1.29, 1.82) is 0 Å². The highest BCUT2D eigenvalue weighted by Crippen LogP contribution is 2.36. The van der Waals surface area contributed by atoms with Crippen LogP contribution < -0.4 is 5.73 Å². The van der Waals surface area contributed by atoms with Crippen LogP contribution in [0.4, 0.5) is 0 Å². The lowest BCUT2D eigenvalue weighted by Gasteiger charge is -2.15. The smallest absolute Gasteiger partial charge is 0.221 e. The Kier molecular flexibility index (Phi) is 4.56. The number of carbonyl (C=O) groups excluding carboxylic acids is 1. The number of nitrogens with two attached hydrogens (primary N) is 1. The van der Waals surface area contributed by atoms with Gasteiger partial charge < -0.3 is 5.73 Å². The van der Waals surface area contributed by atoms with E-state index in [0.29, 0.717) is 12.3 Å². The first kappa shape index (κ1) is 16.3. The fraction of sp³-hybridized carbons (Fsp3) is 0.455.